The number of halogens is 3. The van der Waals surface area contributed by atoms with Crippen LogP contribution in [0.25, 0.3) is 16.9 Å². The van der Waals surface area contributed by atoms with Crippen molar-refractivity contribution in [1.29, 1.82) is 0 Å². The summed E-state index contributed by atoms with van der Waals surface area (Å²) >= 11 is 0. The number of anilines is 2. The summed E-state index contributed by atoms with van der Waals surface area (Å²) in [7, 11) is 1.99. The van der Waals surface area contributed by atoms with Gasteiger partial charge in [0.25, 0.3) is 0 Å². The molecule has 2 aromatic heterocycles. The third-order valence-electron chi connectivity index (χ3n) is 8.63. The van der Waals surface area contributed by atoms with Crippen LogP contribution >= 0.6 is 0 Å². The van der Waals surface area contributed by atoms with Crippen LogP contribution in [0.1, 0.15) is 32.6 Å². The van der Waals surface area contributed by atoms with Crippen LogP contribution in [-0.2, 0) is 17.3 Å². The summed E-state index contributed by atoms with van der Waals surface area (Å²) in [5, 5.41) is 8.72. The molecular formula is C33H36F3N7O2. The number of aryl methyl sites for hydroxylation is 1. The molecule has 0 unspecified atom stereocenters. The molecule has 4 aromatic rings. The maximum atomic E-state index is 14.1. The summed E-state index contributed by atoms with van der Waals surface area (Å²) in [5.74, 6) is -0.379. The van der Waals surface area contributed by atoms with Crippen LogP contribution in [0.3, 0.4) is 0 Å². The molecule has 0 saturated carbocycles. The number of Topliss-reactive ketones (excluding diaryl/α,β-unsaturated/α-hetero) is 1. The average Bonchev–Trinajstić information content (AvgIpc) is 3.53. The van der Waals surface area contributed by atoms with Crippen molar-refractivity contribution in [3.63, 3.8) is 0 Å². The van der Waals surface area contributed by atoms with Crippen molar-refractivity contribution >= 4 is 17.2 Å². The van der Waals surface area contributed by atoms with Gasteiger partial charge in [-0.05, 0) is 61.9 Å². The van der Waals surface area contributed by atoms with Crippen molar-refractivity contribution in [2.24, 2.45) is 0 Å². The van der Waals surface area contributed by atoms with Crippen LogP contribution in [0.5, 0.6) is 0 Å². The number of aromatic nitrogens is 4. The average molecular weight is 620 g/mol. The molecule has 4 heterocycles. The highest BCUT2D eigenvalue weighted by Crippen LogP contribution is 2.38. The Morgan fingerprint density at radius 2 is 1.67 bits per heavy atom. The number of rotatable bonds is 7. The Morgan fingerprint density at radius 3 is 2.40 bits per heavy atom. The van der Waals surface area contributed by atoms with Crippen molar-refractivity contribution in [3.8, 4) is 16.9 Å². The minimum Gasteiger partial charge on any atom is -0.378 e. The largest absolute Gasteiger partial charge is 0.416 e. The van der Waals surface area contributed by atoms with E-state index in [-0.39, 0.29) is 23.3 Å². The van der Waals surface area contributed by atoms with E-state index in [1.54, 1.807) is 16.9 Å². The van der Waals surface area contributed by atoms with Crippen molar-refractivity contribution < 1.29 is 22.7 Å². The van der Waals surface area contributed by atoms with Gasteiger partial charge in [-0.25, -0.2) is 4.68 Å². The van der Waals surface area contributed by atoms with Crippen molar-refractivity contribution in [1.82, 2.24) is 24.9 Å². The van der Waals surface area contributed by atoms with Crippen molar-refractivity contribution in [3.05, 3.63) is 82.8 Å². The number of carbonyl (C=O) groups is 1. The third-order valence-corrected chi connectivity index (χ3v) is 8.63. The monoisotopic (exact) mass is 619 g/mol. The topological polar surface area (TPSA) is 79.6 Å². The fourth-order valence-corrected chi connectivity index (χ4v) is 5.91. The number of pyridine rings is 1. The van der Waals surface area contributed by atoms with E-state index in [9.17, 15) is 18.0 Å². The van der Waals surface area contributed by atoms with E-state index < -0.39 is 11.7 Å². The van der Waals surface area contributed by atoms with Gasteiger partial charge in [0.1, 0.15) is 5.69 Å². The van der Waals surface area contributed by atoms with Crippen molar-refractivity contribution in [2.45, 2.75) is 26.4 Å². The first-order valence-electron chi connectivity index (χ1n) is 15.1. The fraction of sp³-hybridized carbons (Fsp3) is 0.394. The minimum absolute atomic E-state index is 0.0527. The number of hydrogen-bond donors (Lipinski definition) is 0. The van der Waals surface area contributed by atoms with E-state index in [1.165, 1.54) is 6.92 Å². The lowest BCUT2D eigenvalue weighted by atomic mass is 9.95. The van der Waals surface area contributed by atoms with Gasteiger partial charge < -0.3 is 19.4 Å². The highest BCUT2D eigenvalue weighted by molar-refractivity contribution is 5.99. The molecule has 2 fully saturated rings. The number of likely N-dealkylation sites (N-methyl/N-ethyl adjacent to an activating group) is 1. The molecule has 2 saturated heterocycles. The van der Waals surface area contributed by atoms with Crippen LogP contribution in [0, 0.1) is 13.8 Å². The Labute approximate surface area is 260 Å². The molecule has 9 nitrogen and oxygen atoms in total. The highest BCUT2D eigenvalue weighted by Gasteiger charge is 2.35. The number of morpholine rings is 1. The molecule has 0 atom stereocenters. The fourth-order valence-electron chi connectivity index (χ4n) is 5.91. The standard InChI is InChI=1S/C33H36F3N7O2/c1-22-4-5-24(14-30(22)43-21-29(38-39-43)26-16-27(20-37-19-26)41-10-12-45-13-11-41)15-32(44)25-17-28(33(34,35)36)23(2)31(18-25)42-8-6-40(3)7-9-42/h4-5,14,16-21H,6-13,15H2,1-3H3. The molecule has 0 aliphatic carbocycles. The van der Waals surface area contributed by atoms with Gasteiger partial charge in [-0.15, -0.1) is 5.10 Å². The first-order chi connectivity index (χ1) is 21.6. The van der Waals surface area contributed by atoms with Gasteiger partial charge in [0, 0.05) is 68.7 Å². The van der Waals surface area contributed by atoms with Gasteiger partial charge in [-0.3, -0.25) is 9.78 Å². The van der Waals surface area contributed by atoms with Gasteiger partial charge in [-0.2, -0.15) is 13.2 Å². The second kappa shape index (κ2) is 12.6. The van der Waals surface area contributed by atoms with Crippen LogP contribution < -0.4 is 9.80 Å². The molecule has 2 aromatic carbocycles. The Hall–Kier alpha value is -4.29. The number of carbonyl (C=O) groups excluding carboxylic acids is 1. The van der Waals surface area contributed by atoms with E-state index in [4.69, 9.17) is 4.74 Å². The van der Waals surface area contributed by atoms with E-state index in [1.807, 2.05) is 55.5 Å². The molecule has 0 N–H and O–H groups in total. The minimum atomic E-state index is -4.57. The molecule has 0 radical (unpaired) electrons. The number of nitrogens with zero attached hydrogens (tertiary/aromatic N) is 7. The summed E-state index contributed by atoms with van der Waals surface area (Å²) in [6, 6.07) is 10.2. The summed E-state index contributed by atoms with van der Waals surface area (Å²) in [5.41, 5.74) is 4.67. The zero-order valence-corrected chi connectivity index (χ0v) is 25.6. The van der Waals surface area contributed by atoms with Gasteiger partial charge in [0.05, 0.1) is 42.5 Å². The number of ether oxygens (including phenoxy) is 1. The summed E-state index contributed by atoms with van der Waals surface area (Å²) in [6.07, 6.45) is 0.757. The Bertz CT molecular complexity index is 1690. The molecule has 236 valence electrons. The summed E-state index contributed by atoms with van der Waals surface area (Å²) < 4.78 is 49.4. The van der Waals surface area contributed by atoms with E-state index in [0.29, 0.717) is 43.2 Å². The molecule has 0 bridgehead atoms. The molecule has 6 rings (SSSR count). The first kappa shape index (κ1) is 30.7. The summed E-state index contributed by atoms with van der Waals surface area (Å²) in [4.78, 5) is 24.2. The van der Waals surface area contributed by atoms with Gasteiger partial charge in [0.2, 0.25) is 0 Å². The van der Waals surface area contributed by atoms with Crippen LogP contribution in [0.15, 0.2) is 55.0 Å². The van der Waals surface area contributed by atoms with E-state index in [0.717, 1.165) is 54.7 Å². The molecule has 2 aliphatic heterocycles. The van der Waals surface area contributed by atoms with E-state index in [2.05, 4.69) is 25.1 Å². The Morgan fingerprint density at radius 1 is 0.911 bits per heavy atom. The SMILES string of the molecule is Cc1ccc(CC(=O)c2cc(N3CCN(C)CC3)c(C)c(C(F)(F)F)c2)cc1-n1cc(-c2cncc(N3CCOCC3)c2)nn1. The molecule has 0 spiro atoms. The molecule has 2 aliphatic rings. The number of hydrogen-bond acceptors (Lipinski definition) is 8. The Balaban J connectivity index is 1.25. The quantitative estimate of drug-likeness (QED) is 0.268. The third kappa shape index (κ3) is 6.71. The van der Waals surface area contributed by atoms with Gasteiger partial charge in [-0.1, -0.05) is 17.3 Å². The molecular weight excluding hydrogens is 583 g/mol. The van der Waals surface area contributed by atoms with Crippen LogP contribution in [-0.4, -0.2) is 90.2 Å². The predicted molar refractivity (Wildman–Crippen MR) is 166 cm³/mol. The van der Waals surface area contributed by atoms with Gasteiger partial charge >= 0.3 is 6.18 Å². The van der Waals surface area contributed by atoms with Crippen LogP contribution in [0.2, 0.25) is 0 Å². The summed E-state index contributed by atoms with van der Waals surface area (Å²) in [6.45, 7) is 9.02. The predicted octanol–water partition coefficient (Wildman–Crippen LogP) is 4.98. The lowest BCUT2D eigenvalue weighted by Gasteiger charge is -2.35. The first-order valence-corrected chi connectivity index (χ1v) is 15.1. The van der Waals surface area contributed by atoms with Crippen molar-refractivity contribution in [2.75, 3.05) is 69.3 Å². The smallest absolute Gasteiger partial charge is 0.378 e. The maximum absolute atomic E-state index is 14.1. The van der Waals surface area contributed by atoms with Crippen LogP contribution in [0.4, 0.5) is 24.5 Å². The zero-order valence-electron chi connectivity index (χ0n) is 25.6. The zero-order chi connectivity index (χ0) is 31.7. The lowest BCUT2D eigenvalue weighted by molar-refractivity contribution is -0.138. The number of benzene rings is 2. The Kier molecular flexibility index (Phi) is 8.61. The molecule has 12 heteroatoms. The maximum Gasteiger partial charge on any atom is 0.416 e. The number of ketones is 1. The lowest BCUT2D eigenvalue weighted by Crippen LogP contribution is -2.45. The van der Waals surface area contributed by atoms with E-state index >= 15 is 0 Å². The molecule has 0 amide bonds. The number of piperazine rings is 1. The number of alkyl halides is 3. The van der Waals surface area contributed by atoms with Gasteiger partial charge in [0.15, 0.2) is 5.78 Å². The molecule has 45 heavy (non-hydrogen) atoms. The second-order valence-electron chi connectivity index (χ2n) is 11.8. The second-order valence-corrected chi connectivity index (χ2v) is 11.8. The normalized spacial score (nSPS) is 16.3. The highest BCUT2D eigenvalue weighted by atomic mass is 19.4.